The van der Waals surface area contributed by atoms with E-state index in [9.17, 15) is 18.7 Å². The molecule has 4 nitrogen and oxygen atoms in total. The summed E-state index contributed by atoms with van der Waals surface area (Å²) in [6, 6.07) is 2.92. The van der Waals surface area contributed by atoms with Crippen LogP contribution in [0.2, 0.25) is 0 Å². The number of nitrogens with zero attached hydrogens (tertiary/aromatic N) is 1. The van der Waals surface area contributed by atoms with Gasteiger partial charge in [-0.15, -0.1) is 0 Å². The Morgan fingerprint density at radius 1 is 1.50 bits per heavy atom. The van der Waals surface area contributed by atoms with Gasteiger partial charge in [0.2, 0.25) is 5.91 Å². The molecule has 2 unspecified atom stereocenters. The monoisotopic (exact) mass is 284 g/mol. The summed E-state index contributed by atoms with van der Waals surface area (Å²) in [6.07, 6.45) is 0.0115. The average Bonchev–Trinajstić information content (AvgIpc) is 2.79. The zero-order chi connectivity index (χ0) is 14.7. The molecule has 1 saturated heterocycles. The molecule has 0 spiro atoms. The quantitative estimate of drug-likeness (QED) is 0.874. The Balaban J connectivity index is 2.15. The number of β-amino-alcohol motifs (C(OH)–C–C–N with tert-alkyl or cyclic N) is 1. The standard InChI is InChI=1S/C14H18F2N2O2/c1-17-14(20)4-5-18-8-10(19)7-13(18)11-6-9(15)2-3-12(11)16/h2-3,6,10,13,19H,4-5,7-8H2,1H3,(H,17,20). The lowest BCUT2D eigenvalue weighted by Gasteiger charge is -2.24. The zero-order valence-electron chi connectivity index (χ0n) is 11.3. The van der Waals surface area contributed by atoms with Crippen LogP contribution in [0.3, 0.4) is 0 Å². The van der Waals surface area contributed by atoms with Crippen molar-refractivity contribution in [3.8, 4) is 0 Å². The molecule has 2 rings (SSSR count). The topological polar surface area (TPSA) is 52.6 Å². The molecule has 2 atom stereocenters. The number of carbonyl (C=O) groups excluding carboxylic acids is 1. The highest BCUT2D eigenvalue weighted by Gasteiger charge is 2.33. The van der Waals surface area contributed by atoms with Crippen LogP contribution in [-0.4, -0.2) is 42.2 Å². The first kappa shape index (κ1) is 14.9. The van der Waals surface area contributed by atoms with Crippen molar-refractivity contribution in [2.45, 2.75) is 25.0 Å². The fraction of sp³-hybridized carbons (Fsp3) is 0.500. The third kappa shape index (κ3) is 3.32. The van der Waals surface area contributed by atoms with Gasteiger partial charge >= 0.3 is 0 Å². The van der Waals surface area contributed by atoms with Crippen LogP contribution in [0.1, 0.15) is 24.4 Å². The van der Waals surface area contributed by atoms with Crippen LogP contribution in [0, 0.1) is 11.6 Å². The number of aliphatic hydroxyl groups is 1. The van der Waals surface area contributed by atoms with E-state index < -0.39 is 23.8 Å². The maximum atomic E-state index is 13.8. The van der Waals surface area contributed by atoms with E-state index in [1.54, 1.807) is 7.05 Å². The average molecular weight is 284 g/mol. The predicted octanol–water partition coefficient (Wildman–Crippen LogP) is 1.21. The van der Waals surface area contributed by atoms with Gasteiger partial charge < -0.3 is 10.4 Å². The van der Waals surface area contributed by atoms with Gasteiger partial charge in [-0.1, -0.05) is 0 Å². The molecule has 1 heterocycles. The Morgan fingerprint density at radius 3 is 2.95 bits per heavy atom. The minimum absolute atomic E-state index is 0.121. The Hall–Kier alpha value is -1.53. The molecule has 1 fully saturated rings. The number of hydrogen-bond acceptors (Lipinski definition) is 3. The molecule has 2 N–H and O–H groups in total. The van der Waals surface area contributed by atoms with Crippen molar-refractivity contribution in [2.24, 2.45) is 0 Å². The molecule has 20 heavy (non-hydrogen) atoms. The Labute approximate surface area is 116 Å². The van der Waals surface area contributed by atoms with E-state index in [-0.39, 0.29) is 17.9 Å². The number of carbonyl (C=O) groups is 1. The summed E-state index contributed by atoms with van der Waals surface area (Å²) >= 11 is 0. The minimum atomic E-state index is -0.590. The van der Waals surface area contributed by atoms with Gasteiger partial charge in [-0.3, -0.25) is 9.69 Å². The molecule has 1 aromatic carbocycles. The third-order valence-electron chi connectivity index (χ3n) is 3.60. The number of rotatable bonds is 4. The van der Waals surface area contributed by atoms with E-state index in [4.69, 9.17) is 0 Å². The summed E-state index contributed by atoms with van der Waals surface area (Å²) in [7, 11) is 1.55. The largest absolute Gasteiger partial charge is 0.392 e. The second kappa shape index (κ2) is 6.28. The van der Waals surface area contributed by atoms with Gasteiger partial charge in [0.25, 0.3) is 0 Å². The van der Waals surface area contributed by atoms with Gasteiger partial charge in [0.15, 0.2) is 0 Å². The number of likely N-dealkylation sites (tertiary alicyclic amines) is 1. The van der Waals surface area contributed by atoms with E-state index in [0.717, 1.165) is 18.2 Å². The Bertz CT molecular complexity index is 496. The molecule has 0 radical (unpaired) electrons. The molecule has 0 aliphatic carbocycles. The van der Waals surface area contributed by atoms with Crippen molar-refractivity contribution in [3.05, 3.63) is 35.4 Å². The number of aliphatic hydroxyl groups excluding tert-OH is 1. The van der Waals surface area contributed by atoms with Crippen molar-refractivity contribution in [2.75, 3.05) is 20.1 Å². The molecule has 1 aliphatic heterocycles. The van der Waals surface area contributed by atoms with Crippen LogP contribution >= 0.6 is 0 Å². The van der Waals surface area contributed by atoms with Gasteiger partial charge in [-0.05, 0) is 24.6 Å². The summed E-state index contributed by atoms with van der Waals surface area (Å²) in [6.45, 7) is 0.759. The third-order valence-corrected chi connectivity index (χ3v) is 3.60. The SMILES string of the molecule is CNC(=O)CCN1CC(O)CC1c1cc(F)ccc1F. The van der Waals surface area contributed by atoms with Crippen LogP contribution in [0.15, 0.2) is 18.2 Å². The van der Waals surface area contributed by atoms with Gasteiger partial charge in [0.05, 0.1) is 6.10 Å². The van der Waals surface area contributed by atoms with Crippen molar-refractivity contribution >= 4 is 5.91 Å². The summed E-state index contributed by atoms with van der Waals surface area (Å²) < 4.78 is 27.1. The summed E-state index contributed by atoms with van der Waals surface area (Å²) in [5.41, 5.74) is 0.235. The molecular weight excluding hydrogens is 266 g/mol. The molecule has 110 valence electrons. The first-order chi connectivity index (χ1) is 9.51. The maximum Gasteiger partial charge on any atom is 0.221 e. The molecule has 0 aromatic heterocycles. The lowest BCUT2D eigenvalue weighted by Crippen LogP contribution is -2.30. The van der Waals surface area contributed by atoms with E-state index in [0.29, 0.717) is 19.5 Å². The molecule has 1 amide bonds. The summed E-state index contributed by atoms with van der Waals surface area (Å²) in [5.74, 6) is -1.12. The lowest BCUT2D eigenvalue weighted by molar-refractivity contribution is -0.121. The fourth-order valence-electron chi connectivity index (χ4n) is 2.59. The molecular formula is C14H18F2N2O2. The van der Waals surface area contributed by atoms with Crippen LogP contribution in [0.25, 0.3) is 0 Å². The highest BCUT2D eigenvalue weighted by molar-refractivity contribution is 5.75. The predicted molar refractivity (Wildman–Crippen MR) is 70.0 cm³/mol. The Morgan fingerprint density at radius 2 is 2.25 bits per heavy atom. The van der Waals surface area contributed by atoms with Crippen LogP contribution < -0.4 is 5.32 Å². The smallest absolute Gasteiger partial charge is 0.221 e. The van der Waals surface area contributed by atoms with Gasteiger partial charge in [0.1, 0.15) is 11.6 Å². The number of amides is 1. The van der Waals surface area contributed by atoms with Crippen LogP contribution in [0.5, 0.6) is 0 Å². The molecule has 0 saturated carbocycles. The van der Waals surface area contributed by atoms with Gasteiger partial charge in [-0.25, -0.2) is 8.78 Å². The first-order valence-corrected chi connectivity index (χ1v) is 6.59. The second-order valence-electron chi connectivity index (χ2n) is 4.99. The van der Waals surface area contributed by atoms with Gasteiger partial charge in [-0.2, -0.15) is 0 Å². The number of benzene rings is 1. The van der Waals surface area contributed by atoms with Crippen molar-refractivity contribution in [1.29, 1.82) is 0 Å². The zero-order valence-corrected chi connectivity index (χ0v) is 11.3. The normalized spacial score (nSPS) is 23.0. The van der Waals surface area contributed by atoms with Crippen molar-refractivity contribution < 1.29 is 18.7 Å². The summed E-state index contributed by atoms with van der Waals surface area (Å²) in [5, 5.41) is 12.3. The van der Waals surface area contributed by atoms with E-state index in [2.05, 4.69) is 5.32 Å². The van der Waals surface area contributed by atoms with Crippen molar-refractivity contribution in [3.63, 3.8) is 0 Å². The first-order valence-electron chi connectivity index (χ1n) is 6.59. The number of nitrogens with one attached hydrogen (secondary N) is 1. The number of hydrogen-bond donors (Lipinski definition) is 2. The molecule has 1 aromatic rings. The highest BCUT2D eigenvalue weighted by atomic mass is 19.1. The van der Waals surface area contributed by atoms with Gasteiger partial charge in [0, 0.05) is 38.2 Å². The number of halogens is 2. The lowest BCUT2D eigenvalue weighted by atomic mass is 10.0. The second-order valence-corrected chi connectivity index (χ2v) is 4.99. The van der Waals surface area contributed by atoms with Crippen molar-refractivity contribution in [1.82, 2.24) is 10.2 Å². The van der Waals surface area contributed by atoms with E-state index >= 15 is 0 Å². The minimum Gasteiger partial charge on any atom is -0.392 e. The molecule has 1 aliphatic rings. The van der Waals surface area contributed by atoms with Crippen LogP contribution in [0.4, 0.5) is 8.78 Å². The van der Waals surface area contributed by atoms with E-state index in [1.807, 2.05) is 4.90 Å². The molecule has 0 bridgehead atoms. The van der Waals surface area contributed by atoms with E-state index in [1.165, 1.54) is 0 Å². The van der Waals surface area contributed by atoms with Crippen LogP contribution in [-0.2, 0) is 4.79 Å². The molecule has 6 heteroatoms. The Kier molecular flexibility index (Phi) is 4.67. The maximum absolute atomic E-state index is 13.8. The summed E-state index contributed by atoms with van der Waals surface area (Å²) in [4.78, 5) is 13.1. The highest BCUT2D eigenvalue weighted by Crippen LogP contribution is 2.33. The fourth-order valence-corrected chi connectivity index (χ4v) is 2.59.